The Kier molecular flexibility index (Phi) is 4.44. The van der Waals surface area contributed by atoms with E-state index in [4.69, 9.17) is 0 Å². The molecule has 0 N–H and O–H groups in total. The fourth-order valence-electron chi connectivity index (χ4n) is 1.52. The molecular weight excluding hydrogens is 172 g/mol. The van der Waals surface area contributed by atoms with Crippen LogP contribution in [0.25, 0.3) is 0 Å². The van der Waals surface area contributed by atoms with E-state index in [-0.39, 0.29) is 0 Å². The van der Waals surface area contributed by atoms with Crippen LogP contribution in [0.2, 0.25) is 0 Å². The minimum atomic E-state index is 1.10. The summed E-state index contributed by atoms with van der Waals surface area (Å²) in [4.78, 5) is 4.28. The van der Waals surface area contributed by atoms with Crippen LogP contribution in [-0.4, -0.2) is 9.55 Å². The Labute approximate surface area is 86.7 Å². The Morgan fingerprint density at radius 2 is 2.14 bits per heavy atom. The van der Waals surface area contributed by atoms with Crippen molar-refractivity contribution in [3.63, 3.8) is 0 Å². The molecule has 78 valence electrons. The Hall–Kier alpha value is -1.05. The summed E-state index contributed by atoms with van der Waals surface area (Å²) in [5.41, 5.74) is 2.45. The van der Waals surface area contributed by atoms with Gasteiger partial charge < -0.3 is 4.57 Å². The largest absolute Gasteiger partial charge is 0.335 e. The molecule has 1 heterocycles. The lowest BCUT2D eigenvalue weighted by molar-refractivity contribution is 0.581. The summed E-state index contributed by atoms with van der Waals surface area (Å²) in [5.74, 6) is 0. The molecule has 14 heavy (non-hydrogen) atoms. The Morgan fingerprint density at radius 3 is 2.71 bits per heavy atom. The number of hydrogen-bond acceptors (Lipinski definition) is 1. The molecule has 2 nitrogen and oxygen atoms in total. The minimum absolute atomic E-state index is 1.10. The molecule has 1 aromatic heterocycles. The van der Waals surface area contributed by atoms with Gasteiger partial charge in [-0.15, -0.1) is 6.58 Å². The van der Waals surface area contributed by atoms with Crippen molar-refractivity contribution in [3.05, 3.63) is 30.4 Å². The number of imidazole rings is 1. The first kappa shape index (κ1) is 11.0. The molecule has 0 unspecified atom stereocenters. The first-order valence-corrected chi connectivity index (χ1v) is 5.35. The van der Waals surface area contributed by atoms with Crippen LogP contribution in [0, 0.1) is 13.8 Å². The summed E-state index contributed by atoms with van der Waals surface area (Å²) in [6, 6.07) is 0. The summed E-state index contributed by atoms with van der Waals surface area (Å²) >= 11 is 0. The minimum Gasteiger partial charge on any atom is -0.335 e. The highest BCUT2D eigenvalue weighted by atomic mass is 15.0. The second-order valence-electron chi connectivity index (χ2n) is 3.75. The van der Waals surface area contributed by atoms with Crippen LogP contribution in [-0.2, 0) is 6.54 Å². The van der Waals surface area contributed by atoms with Crippen molar-refractivity contribution in [3.8, 4) is 0 Å². The Bertz CT molecular complexity index is 287. The zero-order chi connectivity index (χ0) is 10.4. The number of allylic oxidation sites excluding steroid dienone is 1. The van der Waals surface area contributed by atoms with E-state index >= 15 is 0 Å². The zero-order valence-corrected chi connectivity index (χ0v) is 9.29. The number of nitrogens with zero attached hydrogens (tertiary/aromatic N) is 2. The molecule has 1 aromatic rings. The summed E-state index contributed by atoms with van der Waals surface area (Å²) in [7, 11) is 0. The van der Waals surface area contributed by atoms with Crippen molar-refractivity contribution < 1.29 is 0 Å². The molecule has 0 atom stereocenters. The molecule has 0 saturated carbocycles. The highest BCUT2D eigenvalue weighted by Crippen LogP contribution is 2.07. The lowest BCUT2D eigenvalue weighted by atomic mass is 10.2. The topological polar surface area (TPSA) is 17.8 Å². The van der Waals surface area contributed by atoms with Crippen molar-refractivity contribution in [1.82, 2.24) is 9.55 Å². The number of aromatic nitrogens is 2. The van der Waals surface area contributed by atoms with Gasteiger partial charge in [0.1, 0.15) is 0 Å². The normalized spacial score (nSPS) is 10.4. The molecule has 1 rings (SSSR count). The smallest absolute Gasteiger partial charge is 0.0951 e. The van der Waals surface area contributed by atoms with E-state index in [0.29, 0.717) is 0 Å². The monoisotopic (exact) mass is 192 g/mol. The first-order chi connectivity index (χ1) is 6.75. The molecule has 0 aliphatic rings. The van der Waals surface area contributed by atoms with Crippen molar-refractivity contribution >= 4 is 0 Å². The molecule has 0 radical (unpaired) electrons. The lowest BCUT2D eigenvalue weighted by Crippen LogP contribution is -1.98. The maximum absolute atomic E-state index is 4.28. The van der Waals surface area contributed by atoms with Crippen LogP contribution in [0.1, 0.15) is 37.1 Å². The van der Waals surface area contributed by atoms with Crippen molar-refractivity contribution in [2.45, 2.75) is 46.1 Å². The van der Waals surface area contributed by atoms with Crippen molar-refractivity contribution in [2.24, 2.45) is 0 Å². The van der Waals surface area contributed by atoms with E-state index in [1.54, 1.807) is 0 Å². The van der Waals surface area contributed by atoms with Gasteiger partial charge in [0, 0.05) is 12.2 Å². The van der Waals surface area contributed by atoms with Crippen LogP contribution in [0.5, 0.6) is 0 Å². The second kappa shape index (κ2) is 5.63. The molecule has 0 aliphatic carbocycles. The number of rotatable bonds is 6. The maximum atomic E-state index is 4.28. The predicted octanol–water partition coefficient (Wildman–Crippen LogP) is 3.25. The van der Waals surface area contributed by atoms with Crippen molar-refractivity contribution in [1.29, 1.82) is 0 Å². The molecule has 0 amide bonds. The van der Waals surface area contributed by atoms with Gasteiger partial charge >= 0.3 is 0 Å². The van der Waals surface area contributed by atoms with Gasteiger partial charge in [0.15, 0.2) is 0 Å². The van der Waals surface area contributed by atoms with Crippen LogP contribution >= 0.6 is 0 Å². The van der Waals surface area contributed by atoms with Gasteiger partial charge in [-0.3, -0.25) is 0 Å². The van der Waals surface area contributed by atoms with Gasteiger partial charge in [0.05, 0.1) is 12.0 Å². The second-order valence-corrected chi connectivity index (χ2v) is 3.75. The molecule has 0 aliphatic heterocycles. The summed E-state index contributed by atoms with van der Waals surface area (Å²) < 4.78 is 2.24. The van der Waals surface area contributed by atoms with Crippen molar-refractivity contribution in [2.75, 3.05) is 0 Å². The molecule has 2 heteroatoms. The van der Waals surface area contributed by atoms with Gasteiger partial charge in [0.25, 0.3) is 0 Å². The van der Waals surface area contributed by atoms with E-state index in [9.17, 15) is 0 Å². The average molecular weight is 192 g/mol. The zero-order valence-electron chi connectivity index (χ0n) is 9.29. The SMILES string of the molecule is C=CCCCCCn1cnc(C)c1C. The van der Waals surface area contributed by atoms with E-state index in [1.807, 2.05) is 12.4 Å². The molecule has 0 fully saturated rings. The molecule has 0 spiro atoms. The molecule has 0 saturated heterocycles. The lowest BCUT2D eigenvalue weighted by Gasteiger charge is -2.04. The van der Waals surface area contributed by atoms with Crippen LogP contribution in [0.15, 0.2) is 19.0 Å². The fourth-order valence-corrected chi connectivity index (χ4v) is 1.52. The van der Waals surface area contributed by atoms with Crippen LogP contribution in [0.3, 0.4) is 0 Å². The highest BCUT2D eigenvalue weighted by molar-refractivity contribution is 5.08. The van der Waals surface area contributed by atoms with Gasteiger partial charge in [0.2, 0.25) is 0 Å². The van der Waals surface area contributed by atoms with E-state index in [0.717, 1.165) is 18.7 Å². The molecular formula is C12H20N2. The third kappa shape index (κ3) is 3.02. The number of aryl methyl sites for hydroxylation is 2. The Balaban J connectivity index is 2.24. The molecule has 0 bridgehead atoms. The number of unbranched alkanes of at least 4 members (excludes halogenated alkanes) is 3. The van der Waals surface area contributed by atoms with Crippen LogP contribution in [0.4, 0.5) is 0 Å². The summed E-state index contributed by atoms with van der Waals surface area (Å²) in [5, 5.41) is 0. The summed E-state index contributed by atoms with van der Waals surface area (Å²) in [6.45, 7) is 9.01. The van der Waals surface area contributed by atoms with Crippen LogP contribution < -0.4 is 0 Å². The van der Waals surface area contributed by atoms with E-state index in [2.05, 4.69) is 30.0 Å². The van der Waals surface area contributed by atoms with E-state index < -0.39 is 0 Å². The maximum Gasteiger partial charge on any atom is 0.0951 e. The average Bonchev–Trinajstić information content (AvgIpc) is 2.49. The predicted molar refractivity (Wildman–Crippen MR) is 60.4 cm³/mol. The third-order valence-corrected chi connectivity index (χ3v) is 2.65. The summed E-state index contributed by atoms with van der Waals surface area (Å²) in [6.07, 6.45) is 8.86. The number of hydrogen-bond donors (Lipinski definition) is 0. The van der Waals surface area contributed by atoms with Gasteiger partial charge in [-0.1, -0.05) is 12.5 Å². The Morgan fingerprint density at radius 1 is 1.36 bits per heavy atom. The quantitative estimate of drug-likeness (QED) is 0.499. The van der Waals surface area contributed by atoms with E-state index in [1.165, 1.54) is 25.0 Å². The molecule has 0 aromatic carbocycles. The third-order valence-electron chi connectivity index (χ3n) is 2.65. The van der Waals surface area contributed by atoms with Gasteiger partial charge in [-0.05, 0) is 33.1 Å². The first-order valence-electron chi connectivity index (χ1n) is 5.35. The fraction of sp³-hybridized carbons (Fsp3) is 0.583. The van der Waals surface area contributed by atoms with Gasteiger partial charge in [-0.25, -0.2) is 4.98 Å². The van der Waals surface area contributed by atoms with Gasteiger partial charge in [-0.2, -0.15) is 0 Å². The highest BCUT2D eigenvalue weighted by Gasteiger charge is 2.00. The standard InChI is InChI=1S/C12H20N2/c1-4-5-6-7-8-9-14-10-13-11(2)12(14)3/h4,10H,1,5-9H2,2-3H3.